The minimum absolute atomic E-state index is 0.761. The number of rotatable bonds is 2. The highest BCUT2D eigenvalue weighted by atomic mass is 15.0. The highest BCUT2D eigenvalue weighted by Crippen LogP contribution is 2.19. The molecule has 4 heteroatoms. The van der Waals surface area contributed by atoms with Gasteiger partial charge in [-0.15, -0.1) is 0 Å². The third-order valence-corrected chi connectivity index (χ3v) is 2.59. The Labute approximate surface area is 98.8 Å². The molecular formula is C13H12N4. The molecule has 0 unspecified atom stereocenters. The maximum Gasteiger partial charge on any atom is 0.174 e. The molecule has 0 aliphatic heterocycles. The van der Waals surface area contributed by atoms with Crippen molar-refractivity contribution in [3.05, 3.63) is 48.4 Å². The van der Waals surface area contributed by atoms with Gasteiger partial charge in [0.2, 0.25) is 0 Å². The Bertz CT molecular complexity index is 622. The number of nitrogens with one attached hydrogen (secondary N) is 2. The topological polar surface area (TPSA) is 57.4 Å². The van der Waals surface area contributed by atoms with Crippen molar-refractivity contribution in [2.24, 2.45) is 0 Å². The third kappa shape index (κ3) is 1.85. The van der Waals surface area contributed by atoms with Gasteiger partial charge in [-0.05, 0) is 12.5 Å². The summed E-state index contributed by atoms with van der Waals surface area (Å²) in [7, 11) is 0. The lowest BCUT2D eigenvalue weighted by Crippen LogP contribution is -1.83. The zero-order chi connectivity index (χ0) is 11.7. The second-order valence-corrected chi connectivity index (χ2v) is 3.93. The van der Waals surface area contributed by atoms with Gasteiger partial charge in [-0.2, -0.15) is 0 Å². The van der Waals surface area contributed by atoms with Crippen LogP contribution >= 0.6 is 0 Å². The van der Waals surface area contributed by atoms with Gasteiger partial charge in [-0.1, -0.05) is 30.3 Å². The standard InChI is InChI=1S/C13H12N4/c1-9-7-14-12(16-9)13-15-8-11(17-13)10-5-3-2-4-6-10/h2-8H,1H3,(H,14,16)(H,15,17). The van der Waals surface area contributed by atoms with E-state index < -0.39 is 0 Å². The van der Waals surface area contributed by atoms with Gasteiger partial charge in [0.25, 0.3) is 0 Å². The maximum absolute atomic E-state index is 4.33. The summed E-state index contributed by atoms with van der Waals surface area (Å²) in [5, 5.41) is 0. The van der Waals surface area contributed by atoms with E-state index in [2.05, 4.69) is 19.9 Å². The minimum Gasteiger partial charge on any atom is -0.340 e. The van der Waals surface area contributed by atoms with Crippen molar-refractivity contribution in [1.82, 2.24) is 19.9 Å². The molecule has 0 atom stereocenters. The van der Waals surface area contributed by atoms with Crippen LogP contribution in [-0.2, 0) is 0 Å². The monoisotopic (exact) mass is 224 g/mol. The number of benzene rings is 1. The van der Waals surface area contributed by atoms with Crippen LogP contribution in [0.15, 0.2) is 42.7 Å². The van der Waals surface area contributed by atoms with Crippen LogP contribution in [0.5, 0.6) is 0 Å². The molecule has 3 aromatic rings. The SMILES string of the molecule is Cc1cnc(-c2ncc(-c3ccccc3)[nH]2)[nH]1. The summed E-state index contributed by atoms with van der Waals surface area (Å²) in [6.45, 7) is 1.97. The molecule has 0 saturated carbocycles. The summed E-state index contributed by atoms with van der Waals surface area (Å²) in [5.74, 6) is 1.53. The van der Waals surface area contributed by atoms with Crippen molar-refractivity contribution in [1.29, 1.82) is 0 Å². The van der Waals surface area contributed by atoms with E-state index in [1.807, 2.05) is 43.5 Å². The fourth-order valence-corrected chi connectivity index (χ4v) is 1.74. The van der Waals surface area contributed by atoms with Gasteiger partial charge in [0.15, 0.2) is 11.6 Å². The molecule has 0 amide bonds. The second kappa shape index (κ2) is 3.90. The van der Waals surface area contributed by atoms with Gasteiger partial charge in [0, 0.05) is 11.9 Å². The first-order chi connectivity index (χ1) is 8.33. The quantitative estimate of drug-likeness (QED) is 0.703. The largest absolute Gasteiger partial charge is 0.340 e. The van der Waals surface area contributed by atoms with Crippen molar-refractivity contribution in [3.8, 4) is 22.9 Å². The van der Waals surface area contributed by atoms with Crippen molar-refractivity contribution < 1.29 is 0 Å². The predicted molar refractivity (Wildman–Crippen MR) is 66.3 cm³/mol. The third-order valence-electron chi connectivity index (χ3n) is 2.59. The van der Waals surface area contributed by atoms with Gasteiger partial charge in [-0.3, -0.25) is 0 Å². The summed E-state index contributed by atoms with van der Waals surface area (Å²) in [4.78, 5) is 15.0. The zero-order valence-electron chi connectivity index (χ0n) is 9.44. The fourth-order valence-electron chi connectivity index (χ4n) is 1.74. The molecule has 0 bridgehead atoms. The lowest BCUT2D eigenvalue weighted by molar-refractivity contribution is 1.18. The molecule has 0 radical (unpaired) electrons. The molecule has 2 heterocycles. The molecular weight excluding hydrogens is 212 g/mol. The minimum atomic E-state index is 0.761. The number of H-pyrrole nitrogens is 2. The van der Waals surface area contributed by atoms with E-state index in [-0.39, 0.29) is 0 Å². The molecule has 84 valence electrons. The highest BCUT2D eigenvalue weighted by molar-refractivity contribution is 5.61. The number of nitrogens with zero attached hydrogens (tertiary/aromatic N) is 2. The second-order valence-electron chi connectivity index (χ2n) is 3.93. The predicted octanol–water partition coefficient (Wildman–Crippen LogP) is 2.78. The summed E-state index contributed by atoms with van der Waals surface area (Å²) >= 11 is 0. The maximum atomic E-state index is 4.33. The molecule has 0 aliphatic rings. The number of imidazole rings is 2. The lowest BCUT2D eigenvalue weighted by atomic mass is 10.2. The van der Waals surface area contributed by atoms with E-state index in [1.54, 1.807) is 6.20 Å². The molecule has 0 aliphatic carbocycles. The summed E-state index contributed by atoms with van der Waals surface area (Å²) in [5.41, 5.74) is 3.14. The fraction of sp³-hybridized carbons (Fsp3) is 0.0769. The summed E-state index contributed by atoms with van der Waals surface area (Å²) < 4.78 is 0. The molecule has 0 spiro atoms. The zero-order valence-corrected chi connectivity index (χ0v) is 9.44. The Hall–Kier alpha value is -2.36. The highest BCUT2D eigenvalue weighted by Gasteiger charge is 2.07. The van der Waals surface area contributed by atoms with Crippen LogP contribution in [0, 0.1) is 6.92 Å². The molecule has 1 aromatic carbocycles. The van der Waals surface area contributed by atoms with E-state index in [4.69, 9.17) is 0 Å². The summed E-state index contributed by atoms with van der Waals surface area (Å²) in [6.07, 6.45) is 3.61. The lowest BCUT2D eigenvalue weighted by Gasteiger charge is -1.95. The normalized spacial score (nSPS) is 10.6. The Balaban J connectivity index is 1.99. The van der Waals surface area contributed by atoms with Gasteiger partial charge in [0.05, 0.1) is 11.9 Å². The number of aryl methyl sites for hydroxylation is 1. The molecule has 0 saturated heterocycles. The molecule has 2 N–H and O–H groups in total. The van der Waals surface area contributed by atoms with Crippen LogP contribution in [-0.4, -0.2) is 19.9 Å². The Morgan fingerprint density at radius 1 is 0.882 bits per heavy atom. The van der Waals surface area contributed by atoms with E-state index in [0.29, 0.717) is 0 Å². The van der Waals surface area contributed by atoms with Crippen LogP contribution in [0.3, 0.4) is 0 Å². The van der Waals surface area contributed by atoms with Gasteiger partial charge >= 0.3 is 0 Å². The Morgan fingerprint density at radius 3 is 2.29 bits per heavy atom. The molecule has 3 rings (SSSR count). The van der Waals surface area contributed by atoms with Crippen LogP contribution in [0.4, 0.5) is 0 Å². The van der Waals surface area contributed by atoms with E-state index in [1.165, 1.54) is 0 Å². The number of aromatic amines is 2. The van der Waals surface area contributed by atoms with Crippen LogP contribution in [0.1, 0.15) is 5.69 Å². The van der Waals surface area contributed by atoms with Crippen molar-refractivity contribution in [2.75, 3.05) is 0 Å². The molecule has 2 aromatic heterocycles. The molecule has 17 heavy (non-hydrogen) atoms. The Kier molecular flexibility index (Phi) is 2.26. The van der Waals surface area contributed by atoms with Gasteiger partial charge in [-0.25, -0.2) is 9.97 Å². The van der Waals surface area contributed by atoms with Crippen molar-refractivity contribution in [3.63, 3.8) is 0 Å². The van der Waals surface area contributed by atoms with Crippen LogP contribution in [0.25, 0.3) is 22.9 Å². The summed E-state index contributed by atoms with van der Waals surface area (Å²) in [6, 6.07) is 10.1. The number of hydrogen-bond acceptors (Lipinski definition) is 2. The number of aromatic nitrogens is 4. The molecule has 4 nitrogen and oxygen atoms in total. The van der Waals surface area contributed by atoms with Crippen LogP contribution < -0.4 is 0 Å². The van der Waals surface area contributed by atoms with Crippen molar-refractivity contribution >= 4 is 0 Å². The molecule has 0 fully saturated rings. The Morgan fingerprint density at radius 2 is 1.59 bits per heavy atom. The van der Waals surface area contributed by atoms with Crippen molar-refractivity contribution in [2.45, 2.75) is 6.92 Å². The first kappa shape index (κ1) is 9.84. The number of hydrogen-bond donors (Lipinski definition) is 2. The van der Waals surface area contributed by atoms with E-state index in [9.17, 15) is 0 Å². The van der Waals surface area contributed by atoms with E-state index >= 15 is 0 Å². The first-order valence-corrected chi connectivity index (χ1v) is 5.45. The van der Waals surface area contributed by atoms with Crippen LogP contribution in [0.2, 0.25) is 0 Å². The van der Waals surface area contributed by atoms with Gasteiger partial charge in [0.1, 0.15) is 0 Å². The van der Waals surface area contributed by atoms with Gasteiger partial charge < -0.3 is 9.97 Å². The van der Waals surface area contributed by atoms with E-state index in [0.717, 1.165) is 28.6 Å². The average Bonchev–Trinajstić information content (AvgIpc) is 2.98. The smallest absolute Gasteiger partial charge is 0.174 e. The average molecular weight is 224 g/mol. The first-order valence-electron chi connectivity index (χ1n) is 5.45.